The molecule has 2 aromatic heterocycles. The maximum atomic E-state index is 12.3. The van der Waals surface area contributed by atoms with Crippen molar-refractivity contribution in [2.45, 2.75) is 23.6 Å². The SMILES string of the molecule is CCC(NS(=O)(=O)c1cc([N+](=O)[O-])c(Cl)s1)c1ncc[nH]1. The Morgan fingerprint density at radius 1 is 1.62 bits per heavy atom. The number of hydrogen-bond donors (Lipinski definition) is 2. The highest BCUT2D eigenvalue weighted by Crippen LogP contribution is 2.36. The van der Waals surface area contributed by atoms with Gasteiger partial charge in [-0.25, -0.2) is 13.4 Å². The highest BCUT2D eigenvalue weighted by Gasteiger charge is 2.28. The molecular weight excluding hydrogens is 340 g/mol. The molecule has 0 bridgehead atoms. The van der Waals surface area contributed by atoms with Gasteiger partial charge in [-0.15, -0.1) is 11.3 Å². The van der Waals surface area contributed by atoms with Gasteiger partial charge in [-0.2, -0.15) is 4.72 Å². The van der Waals surface area contributed by atoms with Crippen LogP contribution in [0.1, 0.15) is 25.2 Å². The summed E-state index contributed by atoms with van der Waals surface area (Å²) in [5.41, 5.74) is -0.423. The van der Waals surface area contributed by atoms with E-state index in [1.54, 1.807) is 13.1 Å². The molecule has 0 radical (unpaired) electrons. The first-order chi connectivity index (χ1) is 9.85. The van der Waals surface area contributed by atoms with E-state index in [0.29, 0.717) is 23.6 Å². The number of nitro groups is 1. The predicted molar refractivity (Wildman–Crippen MR) is 77.9 cm³/mol. The number of nitrogens with zero attached hydrogens (tertiary/aromatic N) is 2. The first kappa shape index (κ1) is 15.9. The Bertz CT molecular complexity index is 741. The summed E-state index contributed by atoms with van der Waals surface area (Å²) in [6, 6.07) is 0.398. The minimum atomic E-state index is -3.91. The van der Waals surface area contributed by atoms with Crippen molar-refractivity contribution < 1.29 is 13.3 Å². The fourth-order valence-electron chi connectivity index (χ4n) is 1.64. The lowest BCUT2D eigenvalue weighted by atomic mass is 10.2. The van der Waals surface area contributed by atoms with E-state index in [1.807, 2.05) is 0 Å². The van der Waals surface area contributed by atoms with Crippen molar-refractivity contribution in [3.05, 3.63) is 38.7 Å². The van der Waals surface area contributed by atoms with Crippen molar-refractivity contribution in [3.8, 4) is 0 Å². The Hall–Kier alpha value is -1.49. The van der Waals surface area contributed by atoms with Crippen LogP contribution in [0, 0.1) is 10.1 Å². The van der Waals surface area contributed by atoms with Gasteiger partial charge < -0.3 is 4.98 Å². The van der Waals surface area contributed by atoms with Crippen molar-refractivity contribution in [3.63, 3.8) is 0 Å². The standard InChI is InChI=1S/C10H11ClN4O4S2/c1-2-6(10-12-3-4-13-10)14-21(18,19)8-5-7(15(16)17)9(11)20-8/h3-6,14H,2H2,1H3,(H,12,13). The van der Waals surface area contributed by atoms with Crippen LogP contribution in [0.25, 0.3) is 0 Å². The highest BCUT2D eigenvalue weighted by molar-refractivity contribution is 7.91. The number of aromatic amines is 1. The van der Waals surface area contributed by atoms with Crippen molar-refractivity contribution in [1.29, 1.82) is 0 Å². The number of thiophene rings is 1. The number of halogens is 1. The summed E-state index contributed by atoms with van der Waals surface area (Å²) in [7, 11) is -3.91. The molecule has 0 aliphatic heterocycles. The van der Waals surface area contributed by atoms with E-state index >= 15 is 0 Å². The first-order valence-electron chi connectivity index (χ1n) is 5.80. The fraction of sp³-hybridized carbons (Fsp3) is 0.300. The van der Waals surface area contributed by atoms with Crippen molar-refractivity contribution >= 4 is 38.6 Å². The molecule has 2 heterocycles. The molecule has 1 unspecified atom stereocenters. The van der Waals surface area contributed by atoms with E-state index in [0.717, 1.165) is 6.07 Å². The molecule has 0 amide bonds. The van der Waals surface area contributed by atoms with Gasteiger partial charge in [0.1, 0.15) is 10.0 Å². The van der Waals surface area contributed by atoms with Gasteiger partial charge in [0, 0.05) is 18.5 Å². The second-order valence-electron chi connectivity index (χ2n) is 4.04. The first-order valence-corrected chi connectivity index (χ1v) is 8.48. The molecule has 1 atom stereocenters. The van der Waals surface area contributed by atoms with Crippen molar-refractivity contribution in [2.24, 2.45) is 0 Å². The van der Waals surface area contributed by atoms with E-state index < -0.39 is 26.7 Å². The zero-order valence-corrected chi connectivity index (χ0v) is 13.1. The summed E-state index contributed by atoms with van der Waals surface area (Å²) in [6.07, 6.45) is 3.56. The number of nitrogens with one attached hydrogen (secondary N) is 2. The molecule has 114 valence electrons. The molecule has 0 spiro atoms. The summed E-state index contributed by atoms with van der Waals surface area (Å²) in [6.45, 7) is 1.79. The minimum absolute atomic E-state index is 0.175. The Balaban J connectivity index is 2.30. The molecule has 21 heavy (non-hydrogen) atoms. The fourth-order valence-corrected chi connectivity index (χ4v) is 4.61. The molecule has 0 fully saturated rings. The molecule has 8 nitrogen and oxygen atoms in total. The van der Waals surface area contributed by atoms with Gasteiger partial charge in [0.15, 0.2) is 4.34 Å². The Labute approximate surface area is 129 Å². The van der Waals surface area contributed by atoms with Crippen LogP contribution in [0.3, 0.4) is 0 Å². The second-order valence-corrected chi connectivity index (χ2v) is 7.63. The molecule has 2 aromatic rings. The monoisotopic (exact) mass is 350 g/mol. The van der Waals surface area contributed by atoms with Crippen LogP contribution in [0.2, 0.25) is 4.34 Å². The Morgan fingerprint density at radius 2 is 2.33 bits per heavy atom. The zero-order chi connectivity index (χ0) is 15.6. The Morgan fingerprint density at radius 3 is 2.81 bits per heavy atom. The second kappa shape index (κ2) is 6.10. The van der Waals surface area contributed by atoms with E-state index in [4.69, 9.17) is 11.6 Å². The molecule has 2 rings (SSSR count). The largest absolute Gasteiger partial charge is 0.347 e. The molecule has 0 saturated heterocycles. The molecule has 0 aliphatic carbocycles. The van der Waals surface area contributed by atoms with Gasteiger partial charge in [0.05, 0.1) is 11.0 Å². The molecule has 0 saturated carbocycles. The van der Waals surface area contributed by atoms with Gasteiger partial charge in [-0.1, -0.05) is 18.5 Å². The predicted octanol–water partition coefficient (Wildman–Crippen LogP) is 2.46. The van der Waals surface area contributed by atoms with Crippen LogP contribution in [-0.2, 0) is 10.0 Å². The van der Waals surface area contributed by atoms with Gasteiger partial charge in [0.25, 0.3) is 15.7 Å². The van der Waals surface area contributed by atoms with Crippen LogP contribution >= 0.6 is 22.9 Å². The van der Waals surface area contributed by atoms with Gasteiger partial charge in [0.2, 0.25) is 0 Å². The van der Waals surface area contributed by atoms with Gasteiger partial charge >= 0.3 is 0 Å². The molecule has 2 N–H and O–H groups in total. The van der Waals surface area contributed by atoms with Crippen molar-refractivity contribution in [2.75, 3.05) is 0 Å². The summed E-state index contributed by atoms with van der Waals surface area (Å²) in [5.74, 6) is 0.471. The van der Waals surface area contributed by atoms with E-state index in [-0.39, 0.29) is 8.55 Å². The van der Waals surface area contributed by atoms with Crippen LogP contribution in [-0.4, -0.2) is 23.3 Å². The van der Waals surface area contributed by atoms with Crippen LogP contribution < -0.4 is 4.72 Å². The lowest BCUT2D eigenvalue weighted by Gasteiger charge is -2.13. The summed E-state index contributed by atoms with van der Waals surface area (Å²) < 4.78 is 26.6. The number of hydrogen-bond acceptors (Lipinski definition) is 6. The van der Waals surface area contributed by atoms with Gasteiger partial charge in [-0.3, -0.25) is 10.1 Å². The average Bonchev–Trinajstić information content (AvgIpc) is 3.05. The number of H-pyrrole nitrogens is 1. The van der Waals surface area contributed by atoms with Crippen LogP contribution in [0.15, 0.2) is 22.7 Å². The lowest BCUT2D eigenvalue weighted by Crippen LogP contribution is -2.28. The highest BCUT2D eigenvalue weighted by atomic mass is 35.5. The summed E-state index contributed by atoms with van der Waals surface area (Å²) in [5, 5.41) is 10.7. The topological polar surface area (TPSA) is 118 Å². The quantitative estimate of drug-likeness (QED) is 0.612. The maximum Gasteiger partial charge on any atom is 0.300 e. The normalized spacial score (nSPS) is 13.2. The molecule has 0 aliphatic rings. The maximum absolute atomic E-state index is 12.3. The minimum Gasteiger partial charge on any atom is -0.347 e. The third-order valence-corrected chi connectivity index (χ3v) is 5.95. The molecular formula is C10H11ClN4O4S2. The van der Waals surface area contributed by atoms with E-state index in [9.17, 15) is 18.5 Å². The third kappa shape index (κ3) is 3.40. The van der Waals surface area contributed by atoms with Crippen molar-refractivity contribution in [1.82, 2.24) is 14.7 Å². The van der Waals surface area contributed by atoms with Crippen LogP contribution in [0.4, 0.5) is 5.69 Å². The lowest BCUT2D eigenvalue weighted by molar-refractivity contribution is -0.384. The smallest absolute Gasteiger partial charge is 0.300 e. The number of imidazole rings is 1. The van der Waals surface area contributed by atoms with E-state index in [1.165, 1.54) is 6.20 Å². The van der Waals surface area contributed by atoms with E-state index in [2.05, 4.69) is 14.7 Å². The number of sulfonamides is 1. The summed E-state index contributed by atoms with van der Waals surface area (Å²) in [4.78, 5) is 16.8. The molecule has 11 heteroatoms. The number of aromatic nitrogens is 2. The summed E-state index contributed by atoms with van der Waals surface area (Å²) >= 11 is 6.32. The zero-order valence-electron chi connectivity index (χ0n) is 10.7. The third-order valence-electron chi connectivity index (χ3n) is 2.66. The van der Waals surface area contributed by atoms with Crippen LogP contribution in [0.5, 0.6) is 0 Å². The average molecular weight is 351 g/mol. The molecule has 0 aromatic carbocycles. The van der Waals surface area contributed by atoms with Gasteiger partial charge in [-0.05, 0) is 6.42 Å². The Kier molecular flexibility index (Phi) is 4.61. The number of rotatable bonds is 6.